The number of thioether (sulfide) groups is 1. The maximum atomic E-state index is 14.6. The Morgan fingerprint density at radius 2 is 1.86 bits per heavy atom. The van der Waals surface area contributed by atoms with Crippen LogP contribution < -0.4 is 15.5 Å². The average molecular weight is 418 g/mol. The average Bonchev–Trinajstić information content (AvgIpc) is 2.70. The van der Waals surface area contributed by atoms with E-state index >= 15 is 0 Å². The summed E-state index contributed by atoms with van der Waals surface area (Å²) >= 11 is 1.69. The van der Waals surface area contributed by atoms with Gasteiger partial charge in [-0.3, -0.25) is 0 Å². The minimum atomic E-state index is -0.273. The number of benzene rings is 2. The fourth-order valence-electron chi connectivity index (χ4n) is 3.39. The molecule has 5 nitrogen and oxygen atoms in total. The quantitative estimate of drug-likeness (QED) is 0.528. The SMILES string of the molecule is CC1CN(c2ccc(CNC(=O)NCCSc3ccccc3)cc2F)CC(C)O1. The number of ether oxygens (including phenoxy) is 1. The molecule has 0 aromatic heterocycles. The first-order valence-electron chi connectivity index (χ1n) is 9.89. The van der Waals surface area contributed by atoms with E-state index in [0.29, 0.717) is 25.3 Å². The maximum absolute atomic E-state index is 14.6. The topological polar surface area (TPSA) is 53.6 Å². The molecule has 2 unspecified atom stereocenters. The Morgan fingerprint density at radius 3 is 2.55 bits per heavy atom. The van der Waals surface area contributed by atoms with E-state index in [1.807, 2.05) is 55.1 Å². The molecular weight excluding hydrogens is 389 g/mol. The van der Waals surface area contributed by atoms with Gasteiger partial charge < -0.3 is 20.3 Å². The highest BCUT2D eigenvalue weighted by Gasteiger charge is 2.24. The van der Waals surface area contributed by atoms with Crippen LogP contribution in [-0.2, 0) is 11.3 Å². The van der Waals surface area contributed by atoms with Crippen molar-refractivity contribution in [1.82, 2.24) is 10.6 Å². The lowest BCUT2D eigenvalue weighted by molar-refractivity contribution is -0.00539. The van der Waals surface area contributed by atoms with Crippen molar-refractivity contribution in [2.75, 3.05) is 30.3 Å². The smallest absolute Gasteiger partial charge is 0.315 e. The minimum absolute atomic E-state index is 0.0724. The van der Waals surface area contributed by atoms with Gasteiger partial charge in [0, 0.05) is 36.8 Å². The molecule has 1 aliphatic heterocycles. The summed E-state index contributed by atoms with van der Waals surface area (Å²) in [4.78, 5) is 15.1. The summed E-state index contributed by atoms with van der Waals surface area (Å²) < 4.78 is 20.3. The molecule has 0 bridgehead atoms. The summed E-state index contributed by atoms with van der Waals surface area (Å²) in [7, 11) is 0. The van der Waals surface area contributed by atoms with Crippen LogP contribution in [0.25, 0.3) is 0 Å². The number of halogens is 1. The highest BCUT2D eigenvalue weighted by molar-refractivity contribution is 7.99. The molecular formula is C22H28FN3O2S. The van der Waals surface area contributed by atoms with Crippen LogP contribution in [0.15, 0.2) is 53.4 Å². The summed E-state index contributed by atoms with van der Waals surface area (Å²) in [6.07, 6.45) is 0.145. The van der Waals surface area contributed by atoms with Crippen molar-refractivity contribution in [2.24, 2.45) is 0 Å². The monoisotopic (exact) mass is 417 g/mol. The number of nitrogens with zero attached hydrogens (tertiary/aromatic N) is 1. The van der Waals surface area contributed by atoms with Gasteiger partial charge >= 0.3 is 6.03 Å². The molecule has 7 heteroatoms. The van der Waals surface area contributed by atoms with Gasteiger partial charge in [-0.2, -0.15) is 0 Å². The molecule has 0 aliphatic carbocycles. The Balaban J connectivity index is 1.42. The Morgan fingerprint density at radius 1 is 1.14 bits per heavy atom. The third-order valence-corrected chi connectivity index (χ3v) is 5.64. The van der Waals surface area contributed by atoms with Gasteiger partial charge in [0.25, 0.3) is 0 Å². The highest BCUT2D eigenvalue weighted by atomic mass is 32.2. The molecule has 2 atom stereocenters. The number of anilines is 1. The number of hydrogen-bond donors (Lipinski definition) is 2. The van der Waals surface area contributed by atoms with E-state index in [1.165, 1.54) is 11.0 Å². The summed E-state index contributed by atoms with van der Waals surface area (Å²) in [5.41, 5.74) is 1.31. The predicted molar refractivity (Wildman–Crippen MR) is 116 cm³/mol. The van der Waals surface area contributed by atoms with Gasteiger partial charge in [0.05, 0.1) is 17.9 Å². The summed E-state index contributed by atoms with van der Waals surface area (Å²) in [6.45, 7) is 6.17. The molecule has 2 aromatic rings. The lowest BCUT2D eigenvalue weighted by Crippen LogP contribution is -2.45. The Hall–Kier alpha value is -2.25. The molecule has 0 saturated carbocycles. The largest absolute Gasteiger partial charge is 0.372 e. The number of hydrogen-bond acceptors (Lipinski definition) is 4. The van der Waals surface area contributed by atoms with Gasteiger partial charge in [-0.25, -0.2) is 9.18 Å². The molecule has 2 aromatic carbocycles. The van der Waals surface area contributed by atoms with Gasteiger partial charge in [0.2, 0.25) is 0 Å². The van der Waals surface area contributed by atoms with Gasteiger partial charge in [-0.15, -0.1) is 11.8 Å². The first kappa shape index (κ1) is 21.5. The first-order chi connectivity index (χ1) is 14.0. The molecule has 2 N–H and O–H groups in total. The lowest BCUT2D eigenvalue weighted by Gasteiger charge is -2.37. The zero-order valence-electron chi connectivity index (χ0n) is 16.9. The van der Waals surface area contributed by atoms with E-state index in [0.717, 1.165) is 11.3 Å². The standard InChI is InChI=1S/C22H28FN3O2S/c1-16-14-26(15-17(2)28-16)21-9-8-18(12-20(21)23)13-25-22(27)24-10-11-29-19-6-4-3-5-7-19/h3-9,12,16-17H,10-11,13-15H2,1-2H3,(H2,24,25,27). The number of nitrogens with one attached hydrogen (secondary N) is 2. The number of urea groups is 1. The second-order valence-electron chi connectivity index (χ2n) is 7.22. The van der Waals surface area contributed by atoms with Crippen LogP contribution in [0, 0.1) is 5.82 Å². The molecule has 1 heterocycles. The van der Waals surface area contributed by atoms with Gasteiger partial charge in [-0.1, -0.05) is 24.3 Å². The number of morpholine rings is 1. The summed E-state index contributed by atoms with van der Waals surface area (Å²) in [5.74, 6) is 0.516. The van der Waals surface area contributed by atoms with Crippen LogP contribution in [0.2, 0.25) is 0 Å². The van der Waals surface area contributed by atoms with Gasteiger partial charge in [0.15, 0.2) is 0 Å². The predicted octanol–water partition coefficient (Wildman–Crippen LogP) is 4.03. The Kier molecular flexibility index (Phi) is 7.77. The van der Waals surface area contributed by atoms with Gasteiger partial charge in [0.1, 0.15) is 5.82 Å². The Labute approximate surface area is 176 Å². The fourth-order valence-corrected chi connectivity index (χ4v) is 4.18. The first-order valence-corrected chi connectivity index (χ1v) is 10.9. The third kappa shape index (κ3) is 6.65. The van der Waals surface area contributed by atoms with E-state index in [4.69, 9.17) is 4.74 Å². The fraction of sp³-hybridized carbons (Fsp3) is 0.409. The van der Waals surface area contributed by atoms with Crippen LogP contribution in [0.5, 0.6) is 0 Å². The molecule has 2 amide bonds. The Bertz CT molecular complexity index is 796. The van der Waals surface area contributed by atoms with E-state index in [9.17, 15) is 9.18 Å². The van der Waals surface area contributed by atoms with E-state index < -0.39 is 0 Å². The lowest BCUT2D eigenvalue weighted by atomic mass is 10.1. The van der Waals surface area contributed by atoms with Crippen molar-refractivity contribution in [3.63, 3.8) is 0 Å². The zero-order valence-corrected chi connectivity index (χ0v) is 17.7. The summed E-state index contributed by atoms with van der Waals surface area (Å²) in [6, 6.07) is 14.9. The molecule has 0 radical (unpaired) electrons. The molecule has 1 saturated heterocycles. The van der Waals surface area contributed by atoms with E-state index in [1.54, 1.807) is 17.8 Å². The van der Waals surface area contributed by atoms with Crippen molar-refractivity contribution in [1.29, 1.82) is 0 Å². The molecule has 1 fully saturated rings. The molecule has 3 rings (SSSR count). The molecule has 156 valence electrons. The molecule has 1 aliphatic rings. The number of rotatable bonds is 7. The van der Waals surface area contributed by atoms with Crippen LogP contribution in [0.1, 0.15) is 19.4 Å². The highest BCUT2D eigenvalue weighted by Crippen LogP contribution is 2.24. The van der Waals surface area contributed by atoms with Crippen molar-refractivity contribution in [3.05, 3.63) is 59.9 Å². The van der Waals surface area contributed by atoms with Crippen LogP contribution >= 0.6 is 11.8 Å². The van der Waals surface area contributed by atoms with Gasteiger partial charge in [-0.05, 0) is 43.7 Å². The number of amides is 2. The van der Waals surface area contributed by atoms with Crippen molar-refractivity contribution >= 4 is 23.5 Å². The zero-order chi connectivity index (χ0) is 20.6. The third-order valence-electron chi connectivity index (χ3n) is 4.63. The van der Waals surface area contributed by atoms with Crippen molar-refractivity contribution in [3.8, 4) is 0 Å². The normalized spacial score (nSPS) is 19.1. The minimum Gasteiger partial charge on any atom is -0.372 e. The van der Waals surface area contributed by atoms with E-state index in [-0.39, 0.29) is 30.6 Å². The second kappa shape index (κ2) is 10.5. The summed E-state index contributed by atoms with van der Waals surface area (Å²) in [5, 5.41) is 5.60. The van der Waals surface area contributed by atoms with Crippen LogP contribution in [0.3, 0.4) is 0 Å². The molecule has 29 heavy (non-hydrogen) atoms. The maximum Gasteiger partial charge on any atom is 0.315 e. The van der Waals surface area contributed by atoms with Crippen molar-refractivity contribution < 1.29 is 13.9 Å². The number of carbonyl (C=O) groups is 1. The van der Waals surface area contributed by atoms with Crippen molar-refractivity contribution in [2.45, 2.75) is 37.5 Å². The number of carbonyl (C=O) groups excluding carboxylic acids is 1. The van der Waals surface area contributed by atoms with Crippen LogP contribution in [-0.4, -0.2) is 43.6 Å². The van der Waals surface area contributed by atoms with Crippen LogP contribution in [0.4, 0.5) is 14.9 Å². The second-order valence-corrected chi connectivity index (χ2v) is 8.39. The van der Waals surface area contributed by atoms with E-state index in [2.05, 4.69) is 10.6 Å². The molecule has 0 spiro atoms.